The van der Waals surface area contributed by atoms with Crippen LogP contribution in [0.1, 0.15) is 17.9 Å². The molecule has 2 aliphatic rings. The molecule has 1 atom stereocenters. The van der Waals surface area contributed by atoms with E-state index < -0.39 is 5.83 Å². The SMILES string of the molecule is N#CC1=CC(c2cc(NC3CNC3)c3cnccc3c2)CC=C1F. The third kappa shape index (κ3) is 2.66. The van der Waals surface area contributed by atoms with Gasteiger partial charge in [-0.15, -0.1) is 0 Å². The molecule has 4 rings (SSSR count). The number of aromatic nitrogens is 1. The fraction of sp³-hybridized carbons (Fsp3) is 0.263. The van der Waals surface area contributed by atoms with E-state index >= 15 is 0 Å². The number of hydrogen-bond acceptors (Lipinski definition) is 4. The first kappa shape index (κ1) is 14.9. The molecule has 2 aromatic rings. The minimum absolute atomic E-state index is 0.0109. The molecule has 0 saturated carbocycles. The molecular weight excluding hydrogens is 303 g/mol. The van der Waals surface area contributed by atoms with Crippen LogP contribution < -0.4 is 10.6 Å². The molecule has 1 aliphatic carbocycles. The van der Waals surface area contributed by atoms with Gasteiger partial charge in [-0.2, -0.15) is 5.26 Å². The Balaban J connectivity index is 1.76. The van der Waals surface area contributed by atoms with E-state index in [0.29, 0.717) is 12.5 Å². The van der Waals surface area contributed by atoms with Gasteiger partial charge in [-0.3, -0.25) is 4.98 Å². The van der Waals surface area contributed by atoms with Crippen LogP contribution in [0.4, 0.5) is 10.1 Å². The Morgan fingerprint density at radius 2 is 2.21 bits per heavy atom. The molecule has 1 aromatic heterocycles. The zero-order chi connectivity index (χ0) is 16.5. The Labute approximate surface area is 139 Å². The first-order chi connectivity index (χ1) is 11.7. The Kier molecular flexibility index (Phi) is 3.75. The fourth-order valence-corrected chi connectivity index (χ4v) is 3.18. The summed E-state index contributed by atoms with van der Waals surface area (Å²) in [5, 5.41) is 18.1. The van der Waals surface area contributed by atoms with E-state index in [4.69, 9.17) is 5.26 Å². The Morgan fingerprint density at radius 1 is 1.33 bits per heavy atom. The summed E-state index contributed by atoms with van der Waals surface area (Å²) in [6, 6.07) is 8.55. The van der Waals surface area contributed by atoms with Crippen molar-refractivity contribution < 1.29 is 4.39 Å². The molecular formula is C19H17FN4. The van der Waals surface area contributed by atoms with E-state index in [1.807, 2.05) is 18.3 Å². The molecule has 2 N–H and O–H groups in total. The van der Waals surface area contributed by atoms with E-state index in [-0.39, 0.29) is 11.5 Å². The Hall–Kier alpha value is -2.71. The number of halogens is 1. The summed E-state index contributed by atoms with van der Waals surface area (Å²) < 4.78 is 13.6. The van der Waals surface area contributed by atoms with Gasteiger partial charge in [0.1, 0.15) is 11.9 Å². The number of pyridine rings is 1. The molecule has 0 spiro atoms. The van der Waals surface area contributed by atoms with Gasteiger partial charge in [0.25, 0.3) is 0 Å². The van der Waals surface area contributed by atoms with Gasteiger partial charge < -0.3 is 10.6 Å². The maximum atomic E-state index is 13.6. The third-order valence-electron chi connectivity index (χ3n) is 4.64. The van der Waals surface area contributed by atoms with Crippen molar-refractivity contribution in [1.82, 2.24) is 10.3 Å². The van der Waals surface area contributed by atoms with Gasteiger partial charge in [-0.1, -0.05) is 12.1 Å². The molecule has 1 aliphatic heterocycles. The average Bonchev–Trinajstić information content (AvgIpc) is 2.58. The Morgan fingerprint density at radius 3 is 2.96 bits per heavy atom. The number of hydrogen-bond donors (Lipinski definition) is 2. The van der Waals surface area contributed by atoms with E-state index in [9.17, 15) is 4.39 Å². The topological polar surface area (TPSA) is 60.7 Å². The van der Waals surface area contributed by atoms with Crippen molar-refractivity contribution in [3.05, 3.63) is 59.7 Å². The maximum absolute atomic E-state index is 13.6. The zero-order valence-electron chi connectivity index (χ0n) is 13.1. The summed E-state index contributed by atoms with van der Waals surface area (Å²) in [4.78, 5) is 4.23. The highest BCUT2D eigenvalue weighted by atomic mass is 19.1. The summed E-state index contributed by atoms with van der Waals surface area (Å²) in [5.74, 6) is -0.408. The molecule has 1 aromatic carbocycles. The summed E-state index contributed by atoms with van der Waals surface area (Å²) in [6.07, 6.45) is 7.44. The second kappa shape index (κ2) is 6.06. The highest BCUT2D eigenvalue weighted by molar-refractivity contribution is 5.94. The van der Waals surface area contributed by atoms with Crippen LogP contribution in [0.2, 0.25) is 0 Å². The van der Waals surface area contributed by atoms with Crippen LogP contribution in [-0.2, 0) is 0 Å². The largest absolute Gasteiger partial charge is 0.379 e. The van der Waals surface area contributed by atoms with Crippen molar-refractivity contribution in [3.63, 3.8) is 0 Å². The second-order valence-electron chi connectivity index (χ2n) is 6.25. The van der Waals surface area contributed by atoms with Crippen LogP contribution in [0.3, 0.4) is 0 Å². The first-order valence-electron chi connectivity index (χ1n) is 8.07. The number of fused-ring (bicyclic) bond motifs is 1. The molecule has 0 bridgehead atoms. The quantitative estimate of drug-likeness (QED) is 0.910. The van der Waals surface area contributed by atoms with Crippen molar-refractivity contribution in [2.45, 2.75) is 18.4 Å². The maximum Gasteiger partial charge on any atom is 0.136 e. The number of anilines is 1. The number of nitrogens with zero attached hydrogens (tertiary/aromatic N) is 2. The normalized spacial score (nSPS) is 20.8. The zero-order valence-corrected chi connectivity index (χ0v) is 13.1. The lowest BCUT2D eigenvalue weighted by molar-refractivity contribution is 0.472. The lowest BCUT2D eigenvalue weighted by Gasteiger charge is -2.30. The standard InChI is InChI=1S/C19H17FN4/c20-18-2-1-12(5-15(18)8-21)14-6-13-3-4-22-11-17(13)19(7-14)24-16-9-23-10-16/h2-7,11-12,16,23-24H,1,9-10H2. The van der Waals surface area contributed by atoms with Crippen LogP contribution in [0, 0.1) is 11.3 Å². The van der Waals surface area contributed by atoms with Crippen LogP contribution in [0.15, 0.2) is 54.1 Å². The smallest absolute Gasteiger partial charge is 0.136 e. The minimum Gasteiger partial charge on any atom is -0.379 e. The van der Waals surface area contributed by atoms with Crippen molar-refractivity contribution in [1.29, 1.82) is 5.26 Å². The van der Waals surface area contributed by atoms with Gasteiger partial charge in [0.05, 0.1) is 11.6 Å². The molecule has 2 heterocycles. The molecule has 24 heavy (non-hydrogen) atoms. The fourth-order valence-electron chi connectivity index (χ4n) is 3.18. The first-order valence-corrected chi connectivity index (χ1v) is 8.07. The monoisotopic (exact) mass is 320 g/mol. The van der Waals surface area contributed by atoms with Crippen molar-refractivity contribution in [2.75, 3.05) is 18.4 Å². The molecule has 0 amide bonds. The third-order valence-corrected chi connectivity index (χ3v) is 4.64. The lowest BCUT2D eigenvalue weighted by atomic mass is 9.88. The lowest BCUT2D eigenvalue weighted by Crippen LogP contribution is -2.51. The van der Waals surface area contributed by atoms with Gasteiger partial charge in [0.15, 0.2) is 0 Å². The second-order valence-corrected chi connectivity index (χ2v) is 6.25. The van der Waals surface area contributed by atoms with Gasteiger partial charge in [-0.25, -0.2) is 4.39 Å². The molecule has 1 saturated heterocycles. The molecule has 1 unspecified atom stereocenters. The van der Waals surface area contributed by atoms with E-state index in [0.717, 1.165) is 35.1 Å². The predicted octanol–water partition coefficient (Wildman–Crippen LogP) is 3.41. The van der Waals surface area contributed by atoms with E-state index in [1.54, 1.807) is 12.3 Å². The molecule has 4 nitrogen and oxygen atoms in total. The van der Waals surface area contributed by atoms with Crippen LogP contribution in [0.5, 0.6) is 0 Å². The summed E-state index contributed by atoms with van der Waals surface area (Å²) in [7, 11) is 0. The molecule has 5 heteroatoms. The van der Waals surface area contributed by atoms with Gasteiger partial charge in [0, 0.05) is 42.5 Å². The molecule has 120 valence electrons. The van der Waals surface area contributed by atoms with E-state index in [1.165, 1.54) is 6.08 Å². The number of nitrogens with one attached hydrogen (secondary N) is 2. The van der Waals surface area contributed by atoms with E-state index in [2.05, 4.69) is 27.8 Å². The average molecular weight is 320 g/mol. The Bertz CT molecular complexity index is 890. The van der Waals surface area contributed by atoms with Crippen LogP contribution in [-0.4, -0.2) is 24.1 Å². The van der Waals surface area contributed by atoms with Crippen LogP contribution >= 0.6 is 0 Å². The molecule has 0 radical (unpaired) electrons. The highest BCUT2D eigenvalue weighted by Crippen LogP contribution is 2.35. The number of nitriles is 1. The van der Waals surface area contributed by atoms with Crippen molar-refractivity contribution >= 4 is 16.5 Å². The van der Waals surface area contributed by atoms with Gasteiger partial charge >= 0.3 is 0 Å². The minimum atomic E-state index is -0.419. The summed E-state index contributed by atoms with van der Waals surface area (Å²) >= 11 is 0. The van der Waals surface area contributed by atoms with Crippen molar-refractivity contribution in [2.24, 2.45) is 0 Å². The van der Waals surface area contributed by atoms with Crippen molar-refractivity contribution in [3.8, 4) is 6.07 Å². The number of allylic oxidation sites excluding steroid dienone is 4. The highest BCUT2D eigenvalue weighted by Gasteiger charge is 2.21. The molecule has 1 fully saturated rings. The number of benzene rings is 1. The van der Waals surface area contributed by atoms with Gasteiger partial charge in [0.2, 0.25) is 0 Å². The number of rotatable bonds is 3. The summed E-state index contributed by atoms with van der Waals surface area (Å²) in [5.41, 5.74) is 2.25. The predicted molar refractivity (Wildman–Crippen MR) is 92.3 cm³/mol. The van der Waals surface area contributed by atoms with Crippen LogP contribution in [0.25, 0.3) is 10.8 Å². The van der Waals surface area contributed by atoms with Gasteiger partial charge in [-0.05, 0) is 35.6 Å². The summed E-state index contributed by atoms with van der Waals surface area (Å²) in [6.45, 7) is 1.89.